The Hall–Kier alpha value is -3.35. The standard InChI is InChI=1S/C24H32N2O10/c1-10-12(33-20-15(28)17(35-22(25)31)18(32-7)24(5,6)36-20)9-8-11-14(27)13(19(29)34-16(10)11)26-21(30)23(2,3)4/h8-9,15,17-18,20,27-28H,1-7H3,(H2,25,31)(H,26,30)/t15-,17+,18-,20-/m1/s1. The van der Waals surface area contributed by atoms with E-state index >= 15 is 0 Å². The summed E-state index contributed by atoms with van der Waals surface area (Å²) >= 11 is 0. The van der Waals surface area contributed by atoms with Crippen LogP contribution in [0.25, 0.3) is 11.0 Å². The molecule has 3 rings (SSSR count). The summed E-state index contributed by atoms with van der Waals surface area (Å²) < 4.78 is 27.7. The van der Waals surface area contributed by atoms with Crippen LogP contribution >= 0.6 is 0 Å². The molecule has 0 unspecified atom stereocenters. The molecule has 2 amide bonds. The van der Waals surface area contributed by atoms with Gasteiger partial charge in [0.15, 0.2) is 23.6 Å². The van der Waals surface area contributed by atoms with E-state index in [4.69, 9.17) is 29.1 Å². The number of amides is 2. The van der Waals surface area contributed by atoms with E-state index in [2.05, 4.69) is 5.32 Å². The number of aliphatic hydroxyl groups excluding tert-OH is 1. The molecule has 1 saturated heterocycles. The number of aryl methyl sites for hydroxylation is 1. The van der Waals surface area contributed by atoms with Crippen molar-refractivity contribution in [3.05, 3.63) is 28.1 Å². The molecule has 12 nitrogen and oxygen atoms in total. The summed E-state index contributed by atoms with van der Waals surface area (Å²) in [4.78, 5) is 36.4. The van der Waals surface area contributed by atoms with Gasteiger partial charge in [-0.25, -0.2) is 9.59 Å². The fourth-order valence-electron chi connectivity index (χ4n) is 3.97. The largest absolute Gasteiger partial charge is 0.505 e. The molecule has 1 aliphatic rings. The van der Waals surface area contributed by atoms with Crippen LogP contribution in [0.15, 0.2) is 21.3 Å². The zero-order valence-electron chi connectivity index (χ0n) is 21.2. The maximum Gasteiger partial charge on any atom is 0.404 e. The third-order valence-electron chi connectivity index (χ3n) is 5.93. The highest BCUT2D eigenvalue weighted by molar-refractivity contribution is 5.99. The van der Waals surface area contributed by atoms with Gasteiger partial charge in [-0.2, -0.15) is 0 Å². The molecule has 1 fully saturated rings. The molecule has 0 bridgehead atoms. The monoisotopic (exact) mass is 508 g/mol. The molecule has 5 N–H and O–H groups in total. The first-order valence-corrected chi connectivity index (χ1v) is 11.2. The minimum Gasteiger partial charge on any atom is -0.505 e. The molecule has 12 heteroatoms. The van der Waals surface area contributed by atoms with Crippen molar-refractivity contribution in [2.24, 2.45) is 11.1 Å². The van der Waals surface area contributed by atoms with Crippen LogP contribution in [0.5, 0.6) is 11.5 Å². The number of benzene rings is 1. The van der Waals surface area contributed by atoms with Crippen LogP contribution < -0.4 is 21.4 Å². The number of carbonyl (C=O) groups excluding carboxylic acids is 2. The number of fused-ring (bicyclic) bond motifs is 1. The molecule has 0 saturated carbocycles. The van der Waals surface area contributed by atoms with Gasteiger partial charge in [-0.3, -0.25) is 4.79 Å². The van der Waals surface area contributed by atoms with Crippen LogP contribution in [0, 0.1) is 12.3 Å². The molecular formula is C24H32N2O10. The summed E-state index contributed by atoms with van der Waals surface area (Å²) in [5, 5.41) is 24.1. The van der Waals surface area contributed by atoms with Crippen molar-refractivity contribution in [1.82, 2.24) is 0 Å². The number of aliphatic hydroxyl groups is 1. The average molecular weight is 509 g/mol. The van der Waals surface area contributed by atoms with E-state index in [0.717, 1.165) is 0 Å². The van der Waals surface area contributed by atoms with E-state index in [1.54, 1.807) is 41.5 Å². The molecule has 0 radical (unpaired) electrons. The molecule has 4 atom stereocenters. The molecule has 198 valence electrons. The third-order valence-corrected chi connectivity index (χ3v) is 5.93. The van der Waals surface area contributed by atoms with E-state index in [0.29, 0.717) is 5.56 Å². The van der Waals surface area contributed by atoms with Crippen molar-refractivity contribution in [3.63, 3.8) is 0 Å². The molecule has 1 aromatic carbocycles. The van der Waals surface area contributed by atoms with Crippen LogP contribution in [0.2, 0.25) is 0 Å². The van der Waals surface area contributed by atoms with Gasteiger partial charge in [0.2, 0.25) is 12.2 Å². The Bertz CT molecular complexity index is 1230. The lowest BCUT2D eigenvalue weighted by molar-refractivity contribution is -0.304. The Balaban J connectivity index is 1.98. The third kappa shape index (κ3) is 5.11. The summed E-state index contributed by atoms with van der Waals surface area (Å²) in [6.45, 7) is 9.88. The van der Waals surface area contributed by atoms with Crippen LogP contribution in [0.3, 0.4) is 0 Å². The van der Waals surface area contributed by atoms with Crippen molar-refractivity contribution in [1.29, 1.82) is 0 Å². The number of nitrogens with one attached hydrogen (secondary N) is 1. The summed E-state index contributed by atoms with van der Waals surface area (Å²) in [6.07, 6.45) is -5.96. The summed E-state index contributed by atoms with van der Waals surface area (Å²) in [5.74, 6) is -0.777. The SMILES string of the molecule is CO[C@@H]1[C@@H](OC(N)=O)[C@@H](O)[C@H](Oc2ccc3c(O)c(NC(=O)C(C)(C)C)c(=O)oc3c2C)OC1(C)C. The highest BCUT2D eigenvalue weighted by Gasteiger charge is 2.53. The highest BCUT2D eigenvalue weighted by atomic mass is 16.7. The van der Waals surface area contributed by atoms with Gasteiger partial charge in [0.05, 0.1) is 11.0 Å². The fourth-order valence-corrected chi connectivity index (χ4v) is 3.97. The number of nitrogens with two attached hydrogens (primary N) is 1. The smallest absolute Gasteiger partial charge is 0.404 e. The number of aromatic hydroxyl groups is 1. The Morgan fingerprint density at radius 2 is 1.86 bits per heavy atom. The van der Waals surface area contributed by atoms with Crippen LogP contribution in [-0.2, 0) is 19.0 Å². The van der Waals surface area contributed by atoms with Crippen LogP contribution in [0.1, 0.15) is 40.2 Å². The van der Waals surface area contributed by atoms with Gasteiger partial charge < -0.3 is 44.6 Å². The number of hydrogen-bond acceptors (Lipinski definition) is 10. The molecule has 36 heavy (non-hydrogen) atoms. The first-order valence-electron chi connectivity index (χ1n) is 11.2. The second kappa shape index (κ2) is 9.60. The first-order chi connectivity index (χ1) is 16.6. The van der Waals surface area contributed by atoms with Gasteiger partial charge in [-0.1, -0.05) is 20.8 Å². The number of methoxy groups -OCH3 is 1. The summed E-state index contributed by atoms with van der Waals surface area (Å²) in [6, 6.07) is 2.90. The number of carbonyl (C=O) groups is 2. The highest BCUT2D eigenvalue weighted by Crippen LogP contribution is 2.38. The Morgan fingerprint density at radius 3 is 2.42 bits per heavy atom. The number of anilines is 1. The van der Waals surface area contributed by atoms with E-state index < -0.39 is 59.0 Å². The number of rotatable bonds is 5. The van der Waals surface area contributed by atoms with Crippen LogP contribution in [0.4, 0.5) is 10.5 Å². The molecule has 2 aromatic rings. The minimum absolute atomic E-state index is 0.00743. The van der Waals surface area contributed by atoms with E-state index in [-0.39, 0.29) is 22.4 Å². The van der Waals surface area contributed by atoms with Gasteiger partial charge >= 0.3 is 11.7 Å². The zero-order valence-corrected chi connectivity index (χ0v) is 21.2. The quantitative estimate of drug-likeness (QED) is 0.437. The number of hydrogen-bond donors (Lipinski definition) is 4. The van der Waals surface area contributed by atoms with Gasteiger partial charge in [0, 0.05) is 18.1 Å². The number of primary amides is 1. The first kappa shape index (κ1) is 27.2. The average Bonchev–Trinajstić information content (AvgIpc) is 2.75. The van der Waals surface area contributed by atoms with Gasteiger partial charge in [-0.05, 0) is 32.9 Å². The lowest BCUT2D eigenvalue weighted by Crippen LogP contribution is -2.65. The maximum atomic E-state index is 12.6. The summed E-state index contributed by atoms with van der Waals surface area (Å²) in [7, 11) is 1.38. The van der Waals surface area contributed by atoms with Crippen molar-refractivity contribution in [3.8, 4) is 11.5 Å². The normalized spacial score (nSPS) is 23.8. The predicted molar refractivity (Wildman–Crippen MR) is 128 cm³/mol. The second-order valence-corrected chi connectivity index (χ2v) is 10.1. The lowest BCUT2D eigenvalue weighted by atomic mass is 9.89. The van der Waals surface area contributed by atoms with Gasteiger partial charge in [0.25, 0.3) is 0 Å². The molecular weight excluding hydrogens is 476 g/mol. The fraction of sp³-hybridized carbons (Fsp3) is 0.542. The zero-order chi connectivity index (χ0) is 27.2. The second-order valence-electron chi connectivity index (χ2n) is 10.1. The Kier molecular flexibility index (Phi) is 7.26. The van der Waals surface area contributed by atoms with Crippen molar-refractivity contribution < 1.29 is 43.2 Å². The van der Waals surface area contributed by atoms with Crippen molar-refractivity contribution >= 4 is 28.7 Å². The molecule has 1 aliphatic heterocycles. The minimum atomic E-state index is -1.49. The Morgan fingerprint density at radius 1 is 1.22 bits per heavy atom. The Labute approximate surface area is 207 Å². The lowest BCUT2D eigenvalue weighted by Gasteiger charge is -2.47. The van der Waals surface area contributed by atoms with Gasteiger partial charge in [-0.15, -0.1) is 0 Å². The maximum absolute atomic E-state index is 12.6. The molecule has 1 aromatic heterocycles. The van der Waals surface area contributed by atoms with Crippen molar-refractivity contribution in [2.45, 2.75) is 71.7 Å². The van der Waals surface area contributed by atoms with E-state index in [1.165, 1.54) is 19.2 Å². The molecule has 2 heterocycles. The molecule has 0 aliphatic carbocycles. The van der Waals surface area contributed by atoms with E-state index in [9.17, 15) is 24.6 Å². The van der Waals surface area contributed by atoms with Crippen molar-refractivity contribution in [2.75, 3.05) is 12.4 Å². The molecule has 0 spiro atoms. The van der Waals surface area contributed by atoms with Crippen LogP contribution in [-0.4, -0.2) is 59.5 Å². The van der Waals surface area contributed by atoms with Gasteiger partial charge in [0.1, 0.15) is 17.4 Å². The predicted octanol–water partition coefficient (Wildman–Crippen LogP) is 2.15. The van der Waals surface area contributed by atoms with E-state index in [1.807, 2.05) is 0 Å². The summed E-state index contributed by atoms with van der Waals surface area (Å²) in [5.41, 5.74) is 2.28. The number of ether oxygens (including phenoxy) is 4. The topological polar surface area (TPSA) is 180 Å².